The van der Waals surface area contributed by atoms with Crippen LogP contribution in [0.25, 0.3) is 0 Å². The van der Waals surface area contributed by atoms with Gasteiger partial charge in [0.15, 0.2) is 0 Å². The van der Waals surface area contributed by atoms with Gasteiger partial charge in [0.05, 0.1) is 6.10 Å². The lowest BCUT2D eigenvalue weighted by Crippen LogP contribution is -2.17. The predicted molar refractivity (Wildman–Crippen MR) is 93.3 cm³/mol. The van der Waals surface area contributed by atoms with Crippen LogP contribution in [0, 0.1) is 13.3 Å². The molecule has 0 heterocycles. The van der Waals surface area contributed by atoms with Gasteiger partial charge in [-0.05, 0) is 38.5 Å². The van der Waals surface area contributed by atoms with Crippen LogP contribution in [0.1, 0.15) is 103 Å². The van der Waals surface area contributed by atoms with E-state index in [1.165, 1.54) is 96.3 Å². The lowest BCUT2D eigenvalue weighted by Gasteiger charge is -2.21. The SMILES string of the molecule is [CH2]CCCCCCCCCCCCCOC1CC[CH]CC1. The number of hydrogen-bond acceptors (Lipinski definition) is 1. The molecule has 2 radical (unpaired) electrons. The Balaban J connectivity index is 1.69. The molecule has 0 aromatic rings. The minimum absolute atomic E-state index is 0.568. The van der Waals surface area contributed by atoms with Crippen molar-refractivity contribution in [2.45, 2.75) is 109 Å². The second-order valence-electron chi connectivity index (χ2n) is 6.68. The van der Waals surface area contributed by atoms with E-state index in [1.807, 2.05) is 0 Å². The van der Waals surface area contributed by atoms with Crippen molar-refractivity contribution in [2.75, 3.05) is 6.61 Å². The maximum atomic E-state index is 5.95. The molecule has 0 aromatic carbocycles. The zero-order valence-electron chi connectivity index (χ0n) is 14.3. The standard InChI is InChI=1S/C20H38O/c1-2-3-4-5-6-7-8-9-10-11-12-16-19-21-20-17-14-13-15-18-20/h13,20H,1-12,14-19H2. The molecule has 0 aliphatic heterocycles. The first kappa shape index (κ1) is 19.0. The van der Waals surface area contributed by atoms with Crippen molar-refractivity contribution in [2.24, 2.45) is 0 Å². The van der Waals surface area contributed by atoms with Crippen molar-refractivity contribution < 1.29 is 4.74 Å². The Morgan fingerprint density at radius 3 is 1.71 bits per heavy atom. The molecule has 1 aliphatic rings. The second-order valence-corrected chi connectivity index (χ2v) is 6.68. The minimum atomic E-state index is 0.568. The monoisotopic (exact) mass is 294 g/mol. The summed E-state index contributed by atoms with van der Waals surface area (Å²) in [4.78, 5) is 0. The van der Waals surface area contributed by atoms with Gasteiger partial charge in [-0.3, -0.25) is 0 Å². The van der Waals surface area contributed by atoms with Crippen LogP contribution >= 0.6 is 0 Å². The largest absolute Gasteiger partial charge is 0.378 e. The average Bonchev–Trinajstić information content (AvgIpc) is 2.53. The fraction of sp³-hybridized carbons (Fsp3) is 0.900. The summed E-state index contributed by atoms with van der Waals surface area (Å²) in [6.07, 6.45) is 24.5. The lowest BCUT2D eigenvalue weighted by molar-refractivity contribution is 0.0326. The topological polar surface area (TPSA) is 9.23 Å². The van der Waals surface area contributed by atoms with E-state index in [4.69, 9.17) is 4.74 Å². The summed E-state index contributed by atoms with van der Waals surface area (Å²) in [6.45, 7) is 4.89. The zero-order chi connectivity index (χ0) is 15.0. The van der Waals surface area contributed by atoms with Crippen molar-refractivity contribution in [3.8, 4) is 0 Å². The third-order valence-electron chi connectivity index (χ3n) is 4.63. The highest BCUT2D eigenvalue weighted by Crippen LogP contribution is 2.20. The second kappa shape index (κ2) is 14.9. The molecule has 124 valence electrons. The first-order valence-electron chi connectivity index (χ1n) is 9.66. The van der Waals surface area contributed by atoms with Crippen molar-refractivity contribution >= 4 is 0 Å². The molecule has 1 aliphatic carbocycles. The average molecular weight is 295 g/mol. The fourth-order valence-electron chi connectivity index (χ4n) is 3.18. The summed E-state index contributed by atoms with van der Waals surface area (Å²) < 4.78 is 5.95. The molecule has 1 fully saturated rings. The number of ether oxygens (including phenoxy) is 1. The van der Waals surface area contributed by atoms with Crippen molar-refractivity contribution in [1.29, 1.82) is 0 Å². The van der Waals surface area contributed by atoms with Gasteiger partial charge >= 0.3 is 0 Å². The molecular formula is C20H38O. The number of rotatable bonds is 14. The molecule has 0 amide bonds. The van der Waals surface area contributed by atoms with E-state index in [-0.39, 0.29) is 0 Å². The van der Waals surface area contributed by atoms with Crippen LogP contribution in [0.15, 0.2) is 0 Å². The van der Waals surface area contributed by atoms with Crippen LogP contribution in [0.5, 0.6) is 0 Å². The molecule has 0 bridgehead atoms. The summed E-state index contributed by atoms with van der Waals surface area (Å²) in [6, 6.07) is 0. The van der Waals surface area contributed by atoms with Crippen LogP contribution in [-0.2, 0) is 4.74 Å². The highest BCUT2D eigenvalue weighted by atomic mass is 16.5. The summed E-state index contributed by atoms with van der Waals surface area (Å²) in [5.74, 6) is 0. The Morgan fingerprint density at radius 1 is 0.714 bits per heavy atom. The summed E-state index contributed by atoms with van der Waals surface area (Å²) in [7, 11) is 0. The Kier molecular flexibility index (Phi) is 13.5. The van der Waals surface area contributed by atoms with Gasteiger partial charge in [0.2, 0.25) is 0 Å². The summed E-state index contributed by atoms with van der Waals surface area (Å²) in [5, 5.41) is 0. The third-order valence-corrected chi connectivity index (χ3v) is 4.63. The molecule has 21 heavy (non-hydrogen) atoms. The summed E-state index contributed by atoms with van der Waals surface area (Å²) >= 11 is 0. The van der Waals surface area contributed by atoms with Crippen molar-refractivity contribution in [1.82, 2.24) is 0 Å². The van der Waals surface area contributed by atoms with Gasteiger partial charge in [-0.1, -0.05) is 77.6 Å². The van der Waals surface area contributed by atoms with Gasteiger partial charge in [-0.15, -0.1) is 0 Å². The van der Waals surface area contributed by atoms with Gasteiger partial charge < -0.3 is 4.74 Å². The third kappa shape index (κ3) is 12.2. The number of hydrogen-bond donors (Lipinski definition) is 0. The number of unbranched alkanes of at least 4 members (excludes halogenated alkanes) is 11. The van der Waals surface area contributed by atoms with Gasteiger partial charge in [-0.25, -0.2) is 0 Å². The van der Waals surface area contributed by atoms with Crippen LogP contribution in [0.3, 0.4) is 0 Å². The van der Waals surface area contributed by atoms with Crippen LogP contribution < -0.4 is 0 Å². The normalized spacial score (nSPS) is 16.4. The molecule has 0 atom stereocenters. The fourth-order valence-corrected chi connectivity index (χ4v) is 3.18. The van der Waals surface area contributed by atoms with E-state index < -0.39 is 0 Å². The first-order chi connectivity index (χ1) is 10.4. The molecule has 0 saturated heterocycles. The predicted octanol–water partition coefficient (Wildman–Crippen LogP) is 6.67. The van der Waals surface area contributed by atoms with Gasteiger partial charge in [0.1, 0.15) is 0 Å². The molecule has 0 aromatic heterocycles. The van der Waals surface area contributed by atoms with Gasteiger partial charge in [-0.2, -0.15) is 0 Å². The lowest BCUT2D eigenvalue weighted by atomic mass is 9.98. The summed E-state index contributed by atoms with van der Waals surface area (Å²) in [5.41, 5.74) is 0. The Morgan fingerprint density at radius 2 is 1.19 bits per heavy atom. The Labute approximate surface area is 134 Å². The maximum Gasteiger partial charge on any atom is 0.0575 e. The molecule has 1 nitrogen and oxygen atoms in total. The molecule has 0 spiro atoms. The zero-order valence-corrected chi connectivity index (χ0v) is 14.3. The van der Waals surface area contributed by atoms with E-state index in [2.05, 4.69) is 13.3 Å². The van der Waals surface area contributed by atoms with E-state index in [0.717, 1.165) is 13.0 Å². The Hall–Kier alpha value is -0.0400. The van der Waals surface area contributed by atoms with Crippen LogP contribution in [0.2, 0.25) is 0 Å². The van der Waals surface area contributed by atoms with E-state index >= 15 is 0 Å². The Bertz CT molecular complexity index is 196. The van der Waals surface area contributed by atoms with Gasteiger partial charge in [0.25, 0.3) is 0 Å². The highest BCUT2D eigenvalue weighted by Gasteiger charge is 2.12. The molecule has 0 N–H and O–H groups in total. The molecule has 1 heteroatoms. The minimum Gasteiger partial charge on any atom is -0.378 e. The molecule has 0 unspecified atom stereocenters. The van der Waals surface area contributed by atoms with Crippen molar-refractivity contribution in [3.05, 3.63) is 13.3 Å². The van der Waals surface area contributed by atoms with Gasteiger partial charge in [0, 0.05) is 6.61 Å². The van der Waals surface area contributed by atoms with E-state index in [9.17, 15) is 0 Å². The molecular weight excluding hydrogens is 256 g/mol. The smallest absolute Gasteiger partial charge is 0.0575 e. The first-order valence-corrected chi connectivity index (χ1v) is 9.66. The quantitative estimate of drug-likeness (QED) is 0.325. The van der Waals surface area contributed by atoms with Crippen LogP contribution in [-0.4, -0.2) is 12.7 Å². The molecule has 1 saturated carbocycles. The van der Waals surface area contributed by atoms with E-state index in [0.29, 0.717) is 6.10 Å². The molecule has 1 rings (SSSR count). The van der Waals surface area contributed by atoms with Crippen LogP contribution in [0.4, 0.5) is 0 Å². The van der Waals surface area contributed by atoms with Crippen molar-refractivity contribution in [3.63, 3.8) is 0 Å². The maximum absolute atomic E-state index is 5.95. The highest BCUT2D eigenvalue weighted by molar-refractivity contribution is 4.76. The van der Waals surface area contributed by atoms with E-state index in [1.54, 1.807) is 0 Å².